The molecular formula is C24H30FN3O3. The number of carbonyl (C=O) groups excluding carboxylic acids is 2. The van der Waals surface area contributed by atoms with Crippen molar-refractivity contribution in [3.63, 3.8) is 0 Å². The Morgan fingerprint density at radius 1 is 1.13 bits per heavy atom. The van der Waals surface area contributed by atoms with E-state index in [-0.39, 0.29) is 42.6 Å². The largest absolute Gasteiger partial charge is 0.497 e. The van der Waals surface area contributed by atoms with Gasteiger partial charge in [0.15, 0.2) is 0 Å². The molecule has 1 aliphatic rings. The fourth-order valence-electron chi connectivity index (χ4n) is 4.18. The SMILES string of the molecule is COc1ccc(C2C(CNC(=O)CNC(=O)Cc3cccc(F)c3)CCCN2C)cc1. The summed E-state index contributed by atoms with van der Waals surface area (Å²) in [6.45, 7) is 1.46. The molecule has 0 spiro atoms. The molecule has 1 aliphatic heterocycles. The molecule has 0 bridgehead atoms. The van der Waals surface area contributed by atoms with Crippen molar-refractivity contribution < 1.29 is 18.7 Å². The predicted molar refractivity (Wildman–Crippen MR) is 117 cm³/mol. The first-order chi connectivity index (χ1) is 15.0. The smallest absolute Gasteiger partial charge is 0.239 e. The van der Waals surface area contributed by atoms with E-state index in [2.05, 4.69) is 34.7 Å². The lowest BCUT2D eigenvalue weighted by molar-refractivity contribution is -0.125. The van der Waals surface area contributed by atoms with Crippen molar-refractivity contribution in [1.82, 2.24) is 15.5 Å². The standard InChI is InChI=1S/C24H30FN3O3/c1-28-12-4-6-19(24(28)18-8-10-21(31-2)11-9-18)15-26-23(30)16-27-22(29)14-17-5-3-7-20(25)13-17/h3,5,7-11,13,19,24H,4,6,12,14-16H2,1-2H3,(H,26,30)(H,27,29). The fraction of sp³-hybridized carbons (Fsp3) is 0.417. The van der Waals surface area contributed by atoms with E-state index in [9.17, 15) is 14.0 Å². The Bertz CT molecular complexity index is 888. The zero-order valence-electron chi connectivity index (χ0n) is 18.1. The Kier molecular flexibility index (Phi) is 8.00. The van der Waals surface area contributed by atoms with Crippen LogP contribution in [0.5, 0.6) is 5.75 Å². The summed E-state index contributed by atoms with van der Waals surface area (Å²) < 4.78 is 18.5. The Balaban J connectivity index is 1.49. The Hall–Kier alpha value is -2.93. The number of nitrogens with one attached hydrogen (secondary N) is 2. The number of hydrogen-bond acceptors (Lipinski definition) is 4. The average molecular weight is 428 g/mol. The summed E-state index contributed by atoms with van der Waals surface area (Å²) in [6, 6.07) is 14.2. The second kappa shape index (κ2) is 10.9. The third kappa shape index (κ3) is 6.52. The van der Waals surface area contributed by atoms with Crippen molar-refractivity contribution in [1.29, 1.82) is 0 Å². The maximum atomic E-state index is 13.2. The van der Waals surface area contributed by atoms with Gasteiger partial charge in [0.05, 0.1) is 20.1 Å². The Morgan fingerprint density at radius 2 is 1.90 bits per heavy atom. The summed E-state index contributed by atoms with van der Waals surface area (Å²) >= 11 is 0. The highest BCUT2D eigenvalue weighted by Gasteiger charge is 2.30. The van der Waals surface area contributed by atoms with Crippen molar-refractivity contribution in [3.05, 3.63) is 65.5 Å². The van der Waals surface area contributed by atoms with Crippen LogP contribution in [0.1, 0.15) is 30.0 Å². The first-order valence-electron chi connectivity index (χ1n) is 10.6. The van der Waals surface area contributed by atoms with Gasteiger partial charge in [0.25, 0.3) is 0 Å². The van der Waals surface area contributed by atoms with Crippen LogP contribution in [-0.2, 0) is 16.0 Å². The van der Waals surface area contributed by atoms with Gasteiger partial charge in [-0.25, -0.2) is 4.39 Å². The van der Waals surface area contributed by atoms with E-state index in [0.29, 0.717) is 12.1 Å². The molecule has 0 aromatic heterocycles. The van der Waals surface area contributed by atoms with Crippen molar-refractivity contribution >= 4 is 11.8 Å². The molecule has 2 unspecified atom stereocenters. The Morgan fingerprint density at radius 3 is 2.61 bits per heavy atom. The number of likely N-dealkylation sites (tertiary alicyclic amines) is 1. The molecule has 166 valence electrons. The first kappa shape index (κ1) is 22.7. The number of rotatable bonds is 8. The molecule has 1 fully saturated rings. The maximum absolute atomic E-state index is 13.2. The van der Waals surface area contributed by atoms with Crippen LogP contribution in [0, 0.1) is 11.7 Å². The maximum Gasteiger partial charge on any atom is 0.239 e. The summed E-state index contributed by atoms with van der Waals surface area (Å²) in [5, 5.41) is 5.56. The second-order valence-electron chi connectivity index (χ2n) is 7.99. The molecule has 31 heavy (non-hydrogen) atoms. The molecule has 0 aliphatic carbocycles. The van der Waals surface area contributed by atoms with E-state index < -0.39 is 0 Å². The molecule has 2 amide bonds. The molecular weight excluding hydrogens is 397 g/mol. The van der Waals surface area contributed by atoms with Crippen LogP contribution in [0.2, 0.25) is 0 Å². The van der Waals surface area contributed by atoms with E-state index in [0.717, 1.165) is 25.1 Å². The van der Waals surface area contributed by atoms with Gasteiger partial charge in [-0.2, -0.15) is 0 Å². The lowest BCUT2D eigenvalue weighted by atomic mass is 9.85. The van der Waals surface area contributed by atoms with Gasteiger partial charge in [-0.15, -0.1) is 0 Å². The highest BCUT2D eigenvalue weighted by molar-refractivity contribution is 5.85. The van der Waals surface area contributed by atoms with Crippen LogP contribution in [-0.4, -0.2) is 50.5 Å². The molecule has 1 saturated heterocycles. The van der Waals surface area contributed by atoms with E-state index in [1.165, 1.54) is 17.7 Å². The molecule has 2 atom stereocenters. The summed E-state index contributed by atoms with van der Waals surface area (Å²) in [7, 11) is 3.76. The molecule has 1 heterocycles. The monoisotopic (exact) mass is 427 g/mol. The van der Waals surface area contributed by atoms with Crippen LogP contribution in [0.4, 0.5) is 4.39 Å². The van der Waals surface area contributed by atoms with E-state index >= 15 is 0 Å². The van der Waals surface area contributed by atoms with Gasteiger partial charge in [0, 0.05) is 12.6 Å². The number of benzene rings is 2. The van der Waals surface area contributed by atoms with Crippen molar-refractivity contribution in [2.75, 3.05) is 33.8 Å². The van der Waals surface area contributed by atoms with Crippen molar-refractivity contribution in [2.45, 2.75) is 25.3 Å². The molecule has 6 nitrogen and oxygen atoms in total. The number of methoxy groups -OCH3 is 1. The molecule has 0 saturated carbocycles. The number of piperidine rings is 1. The first-order valence-corrected chi connectivity index (χ1v) is 10.6. The number of halogens is 1. The van der Waals surface area contributed by atoms with Crippen LogP contribution < -0.4 is 15.4 Å². The van der Waals surface area contributed by atoms with Crippen molar-refractivity contribution in [3.8, 4) is 5.75 Å². The van der Waals surface area contributed by atoms with Crippen molar-refractivity contribution in [2.24, 2.45) is 5.92 Å². The van der Waals surface area contributed by atoms with E-state index in [1.807, 2.05) is 12.1 Å². The highest BCUT2D eigenvalue weighted by atomic mass is 19.1. The predicted octanol–water partition coefficient (Wildman–Crippen LogP) is 2.69. The summed E-state index contributed by atoms with van der Waals surface area (Å²) in [4.78, 5) is 26.6. The second-order valence-corrected chi connectivity index (χ2v) is 7.99. The normalized spacial score (nSPS) is 18.9. The van der Waals surface area contributed by atoms with Gasteiger partial charge in [-0.3, -0.25) is 14.5 Å². The van der Waals surface area contributed by atoms with Gasteiger partial charge in [-0.1, -0.05) is 24.3 Å². The van der Waals surface area contributed by atoms with Crippen LogP contribution in [0.3, 0.4) is 0 Å². The van der Waals surface area contributed by atoms with Crippen LogP contribution in [0.15, 0.2) is 48.5 Å². The lowest BCUT2D eigenvalue weighted by Crippen LogP contribution is -2.44. The number of nitrogens with zero attached hydrogens (tertiary/aromatic N) is 1. The molecule has 2 aromatic rings. The third-order valence-electron chi connectivity index (χ3n) is 5.73. The van der Waals surface area contributed by atoms with Gasteiger partial charge in [0.1, 0.15) is 11.6 Å². The molecule has 2 N–H and O–H groups in total. The van der Waals surface area contributed by atoms with Crippen LogP contribution in [0.25, 0.3) is 0 Å². The third-order valence-corrected chi connectivity index (χ3v) is 5.73. The number of amides is 2. The minimum atomic E-state index is -0.382. The zero-order valence-corrected chi connectivity index (χ0v) is 18.1. The molecule has 7 heteroatoms. The van der Waals surface area contributed by atoms with Gasteiger partial charge in [-0.05, 0) is 67.7 Å². The summed E-state index contributed by atoms with van der Waals surface area (Å²) in [5.41, 5.74) is 1.77. The lowest BCUT2D eigenvalue weighted by Gasteiger charge is -2.39. The van der Waals surface area contributed by atoms with Crippen LogP contribution >= 0.6 is 0 Å². The summed E-state index contributed by atoms with van der Waals surface area (Å²) in [6.07, 6.45) is 2.14. The van der Waals surface area contributed by atoms with Gasteiger partial charge < -0.3 is 15.4 Å². The number of hydrogen-bond donors (Lipinski definition) is 2. The van der Waals surface area contributed by atoms with Gasteiger partial charge in [0.2, 0.25) is 11.8 Å². The molecule has 3 rings (SSSR count). The quantitative estimate of drug-likeness (QED) is 0.680. The van der Waals surface area contributed by atoms with E-state index in [1.54, 1.807) is 19.2 Å². The van der Waals surface area contributed by atoms with E-state index in [4.69, 9.17) is 4.74 Å². The number of carbonyl (C=O) groups is 2. The fourth-order valence-corrected chi connectivity index (χ4v) is 4.18. The Labute approximate surface area is 182 Å². The molecule has 2 aromatic carbocycles. The highest BCUT2D eigenvalue weighted by Crippen LogP contribution is 2.35. The minimum Gasteiger partial charge on any atom is -0.497 e. The van der Waals surface area contributed by atoms with Gasteiger partial charge >= 0.3 is 0 Å². The summed E-state index contributed by atoms with van der Waals surface area (Å²) in [5.74, 6) is 0.176. The average Bonchev–Trinajstić information content (AvgIpc) is 2.76. The molecule has 0 radical (unpaired) electrons. The zero-order chi connectivity index (χ0) is 22.2. The topological polar surface area (TPSA) is 70.7 Å². The number of ether oxygens (including phenoxy) is 1. The minimum absolute atomic E-state index is 0.0397.